The van der Waals surface area contributed by atoms with Crippen LogP contribution in [0, 0.1) is 23.7 Å². The van der Waals surface area contributed by atoms with E-state index in [0.717, 1.165) is 43.8 Å². The molecule has 0 aromatic heterocycles. The van der Waals surface area contributed by atoms with E-state index in [1.807, 2.05) is 0 Å². The van der Waals surface area contributed by atoms with Crippen LogP contribution >= 0.6 is 0 Å². The minimum absolute atomic E-state index is 1.06. The normalized spacial score (nSPS) is 11.8. The van der Waals surface area contributed by atoms with Gasteiger partial charge in [0.25, 0.3) is 0 Å². The fourth-order valence-electron chi connectivity index (χ4n) is 8.68. The highest BCUT2D eigenvalue weighted by Gasteiger charge is 2.29. The fraction of sp³-hybridized carbons (Fsp3) is 0.240. The van der Waals surface area contributed by atoms with Crippen LogP contribution in [0.3, 0.4) is 0 Å². The molecule has 0 unspecified atom stereocenters. The van der Waals surface area contributed by atoms with E-state index < -0.39 is 16.1 Å². The van der Waals surface area contributed by atoms with Crippen LogP contribution in [0.1, 0.15) is 63.8 Å². The van der Waals surface area contributed by atoms with Crippen LogP contribution in [0.5, 0.6) is 0 Å². The molecule has 0 saturated heterocycles. The summed E-state index contributed by atoms with van der Waals surface area (Å²) >= 11 is 0. The maximum Gasteiger partial charge on any atom is 0.0859 e. The van der Waals surface area contributed by atoms with Gasteiger partial charge in [-0.25, -0.2) is 0 Å². The van der Waals surface area contributed by atoms with Gasteiger partial charge in [-0.3, -0.25) is 0 Å². The fourth-order valence-corrected chi connectivity index (χ4v) is 15.9. The van der Waals surface area contributed by atoms with Crippen LogP contribution in [0.25, 0.3) is 43.1 Å². The van der Waals surface area contributed by atoms with Gasteiger partial charge < -0.3 is 0 Å². The van der Waals surface area contributed by atoms with Crippen molar-refractivity contribution in [2.24, 2.45) is 0 Å². The second-order valence-corrected chi connectivity index (χ2v) is 25.1. The van der Waals surface area contributed by atoms with Crippen LogP contribution in [0.15, 0.2) is 121 Å². The van der Waals surface area contributed by atoms with E-state index in [0.29, 0.717) is 0 Å². The summed E-state index contributed by atoms with van der Waals surface area (Å²) in [6, 6.07) is 52.8. The van der Waals surface area contributed by atoms with Crippen LogP contribution in [-0.2, 0) is 0 Å². The van der Waals surface area contributed by atoms with Gasteiger partial charge >= 0.3 is 0 Å². The Bertz CT molecular complexity index is 2230. The first-order valence-electron chi connectivity index (χ1n) is 19.5. The van der Waals surface area contributed by atoms with Gasteiger partial charge in [0.2, 0.25) is 0 Å². The Morgan fingerprint density at radius 1 is 0.346 bits per heavy atom. The lowest BCUT2D eigenvalue weighted by molar-refractivity contribution is 1.19. The Balaban J connectivity index is 1.45. The topological polar surface area (TPSA) is 0 Å². The van der Waals surface area contributed by atoms with Gasteiger partial charge in [0, 0.05) is 22.3 Å². The van der Waals surface area contributed by atoms with Gasteiger partial charge in [-0.15, -0.1) is 0 Å². The maximum absolute atomic E-state index is 3.73. The Hall–Kier alpha value is -4.87. The second kappa shape index (κ2) is 15.0. The molecule has 0 amide bonds. The van der Waals surface area contributed by atoms with Gasteiger partial charge in [-0.1, -0.05) is 185 Å². The SMILES string of the molecule is CC[Si](CC)(CC)c1ccc(C#Cc2c3cc4ccccc4cc3c(C#Cc3ccc([Si](CC)(CC)CC)cc3)c3cc4ccccc4cc23)cc1. The van der Waals surface area contributed by atoms with Gasteiger partial charge in [0.05, 0.1) is 16.1 Å². The average Bonchev–Trinajstić information content (AvgIpc) is 3.20. The first-order chi connectivity index (χ1) is 25.4. The molecule has 0 bridgehead atoms. The highest BCUT2D eigenvalue weighted by atomic mass is 28.3. The quantitative estimate of drug-likeness (QED) is 0.0838. The third-order valence-electron chi connectivity index (χ3n) is 12.6. The molecule has 0 fully saturated rings. The molecular formula is C50H50Si2. The van der Waals surface area contributed by atoms with Gasteiger partial charge in [-0.05, 0) is 91.6 Å². The number of benzene rings is 7. The van der Waals surface area contributed by atoms with Crippen molar-refractivity contribution in [3.63, 3.8) is 0 Å². The number of hydrogen-bond donors (Lipinski definition) is 0. The minimum Gasteiger partial charge on any atom is -0.0675 e. The van der Waals surface area contributed by atoms with Crippen LogP contribution < -0.4 is 10.4 Å². The Morgan fingerprint density at radius 3 is 0.865 bits per heavy atom. The molecule has 7 aromatic rings. The van der Waals surface area contributed by atoms with E-state index in [-0.39, 0.29) is 0 Å². The van der Waals surface area contributed by atoms with E-state index in [4.69, 9.17) is 0 Å². The Morgan fingerprint density at radius 2 is 0.615 bits per heavy atom. The molecule has 52 heavy (non-hydrogen) atoms. The molecule has 0 nitrogen and oxygen atoms in total. The standard InChI is InChI=1S/C50H50Si2/c1-7-51(8-2,9-3)43-27-21-37(22-28-43)25-31-45-47-33-39-17-13-15-19-41(39)35-49(47)46(50-36-42-20-16-14-18-40(42)34-48(45)50)32-26-38-23-29-44(30-24-38)52(10-4,11-5)12-6/h13-24,27-30,33-36H,7-12H2,1-6H3. The smallest absolute Gasteiger partial charge is 0.0675 e. The predicted molar refractivity (Wildman–Crippen MR) is 235 cm³/mol. The van der Waals surface area contributed by atoms with E-state index in [1.54, 1.807) is 10.4 Å². The first-order valence-corrected chi connectivity index (χ1v) is 24.7. The summed E-state index contributed by atoms with van der Waals surface area (Å²) in [5, 5.41) is 12.6. The summed E-state index contributed by atoms with van der Waals surface area (Å²) in [7, 11) is -2.89. The molecule has 0 N–H and O–H groups in total. The lowest BCUT2D eigenvalue weighted by atomic mass is 9.88. The summed E-state index contributed by atoms with van der Waals surface area (Å²) in [5.41, 5.74) is 4.26. The van der Waals surface area contributed by atoms with Crippen LogP contribution in [-0.4, -0.2) is 16.1 Å². The molecule has 0 aliphatic heterocycles. The van der Waals surface area contributed by atoms with Gasteiger partial charge in [0.15, 0.2) is 0 Å². The van der Waals surface area contributed by atoms with Gasteiger partial charge in [-0.2, -0.15) is 0 Å². The molecule has 0 atom stereocenters. The van der Waals surface area contributed by atoms with E-state index >= 15 is 0 Å². The molecule has 7 aromatic carbocycles. The van der Waals surface area contributed by atoms with E-state index in [1.165, 1.54) is 57.8 Å². The first kappa shape index (κ1) is 35.5. The van der Waals surface area contributed by atoms with E-state index in [9.17, 15) is 0 Å². The minimum atomic E-state index is -1.44. The molecule has 7 rings (SSSR count). The molecule has 0 aliphatic carbocycles. The summed E-state index contributed by atoms with van der Waals surface area (Å²) in [4.78, 5) is 0. The molecule has 2 heteroatoms. The Labute approximate surface area is 313 Å². The molecule has 0 saturated carbocycles. The van der Waals surface area contributed by atoms with Crippen molar-refractivity contribution in [3.05, 3.63) is 144 Å². The lowest BCUT2D eigenvalue weighted by Gasteiger charge is -2.28. The molecule has 0 radical (unpaired) electrons. The molecule has 258 valence electrons. The zero-order valence-corrected chi connectivity index (χ0v) is 33.8. The maximum atomic E-state index is 3.73. The second-order valence-electron chi connectivity index (χ2n) is 14.6. The molecule has 0 heterocycles. The Kier molecular flexibility index (Phi) is 10.3. The summed E-state index contributed by atoms with van der Waals surface area (Å²) in [6.45, 7) is 14.2. The summed E-state index contributed by atoms with van der Waals surface area (Å²) in [5.74, 6) is 14.7. The lowest BCUT2D eigenvalue weighted by Crippen LogP contribution is -2.45. The monoisotopic (exact) mass is 706 g/mol. The third-order valence-corrected chi connectivity index (χ3v) is 23.8. The number of hydrogen-bond acceptors (Lipinski definition) is 0. The predicted octanol–water partition coefficient (Wildman–Crippen LogP) is 12.5. The number of fused-ring (bicyclic) bond motifs is 4. The summed E-state index contributed by atoms with van der Waals surface area (Å²) < 4.78 is 0. The molecule has 0 aliphatic rings. The zero-order chi connectivity index (χ0) is 36.3. The van der Waals surface area contributed by atoms with Crippen LogP contribution in [0.4, 0.5) is 0 Å². The summed E-state index contributed by atoms with van der Waals surface area (Å²) in [6.07, 6.45) is 0. The van der Waals surface area contributed by atoms with Crippen molar-refractivity contribution in [2.45, 2.75) is 77.8 Å². The highest BCUT2D eigenvalue weighted by Crippen LogP contribution is 2.37. The zero-order valence-electron chi connectivity index (χ0n) is 31.8. The van der Waals surface area contributed by atoms with E-state index in [2.05, 4.69) is 187 Å². The van der Waals surface area contributed by atoms with Crippen molar-refractivity contribution < 1.29 is 0 Å². The third kappa shape index (κ3) is 6.41. The van der Waals surface area contributed by atoms with Crippen molar-refractivity contribution in [2.75, 3.05) is 0 Å². The van der Waals surface area contributed by atoms with Crippen molar-refractivity contribution in [1.29, 1.82) is 0 Å². The van der Waals surface area contributed by atoms with Crippen molar-refractivity contribution in [3.8, 4) is 23.7 Å². The largest absolute Gasteiger partial charge is 0.0859 e. The highest BCUT2D eigenvalue weighted by molar-refractivity contribution is 6.92. The van der Waals surface area contributed by atoms with Gasteiger partial charge in [0.1, 0.15) is 0 Å². The van der Waals surface area contributed by atoms with Crippen LogP contribution in [0.2, 0.25) is 36.3 Å². The average molecular weight is 707 g/mol. The molecular weight excluding hydrogens is 657 g/mol. The molecule has 0 spiro atoms. The number of rotatable bonds is 8. The van der Waals surface area contributed by atoms with Crippen molar-refractivity contribution >= 4 is 69.6 Å². The van der Waals surface area contributed by atoms with Crippen molar-refractivity contribution in [1.82, 2.24) is 0 Å².